The second kappa shape index (κ2) is 13.4. The minimum absolute atomic E-state index is 0.0394. The number of likely N-dealkylation sites (tertiary alicyclic amines) is 1. The molecule has 3 N–H and O–H groups in total. The maximum Gasteiger partial charge on any atom is 0.340 e. The molecule has 0 radical (unpaired) electrons. The predicted molar refractivity (Wildman–Crippen MR) is 172 cm³/mol. The highest BCUT2D eigenvalue weighted by molar-refractivity contribution is 6.21. The first-order chi connectivity index (χ1) is 25.0. The van der Waals surface area contributed by atoms with E-state index in [1.54, 1.807) is 52.7 Å². The number of halogens is 1. The Kier molecular flexibility index (Phi) is 9.85. The highest BCUT2D eigenvalue weighted by Crippen LogP contribution is 2.80. The highest BCUT2D eigenvalue weighted by atomic mass is 35.7. The Bertz CT molecular complexity index is 1610. The molecule has 13 atom stereocenters. The van der Waals surface area contributed by atoms with Gasteiger partial charge in [-0.05, 0) is 43.9 Å². The van der Waals surface area contributed by atoms with Gasteiger partial charge >= 0.3 is 5.97 Å². The Morgan fingerprint density at radius 1 is 1.00 bits per heavy atom. The number of hydrogen-bond donors (Lipinski definition) is 3. The van der Waals surface area contributed by atoms with Crippen LogP contribution in [0.25, 0.3) is 0 Å². The molecule has 5 aliphatic carbocycles. The molecule has 17 heteroatoms. The number of ether oxygens (including phenoxy) is 5. The number of methoxy groups -OCH3 is 4. The molecule has 16 nitrogen and oxygen atoms in total. The van der Waals surface area contributed by atoms with E-state index in [2.05, 4.69) is 11.8 Å². The van der Waals surface area contributed by atoms with Crippen molar-refractivity contribution in [2.75, 3.05) is 53.0 Å². The number of para-hydroxylation sites is 1. The molecule has 7 fully saturated rings. The smallest absolute Gasteiger partial charge is 0.340 e. The second-order valence-electron chi connectivity index (χ2n) is 15.8. The number of esters is 1. The molecule has 7 aliphatic rings. The monoisotopic (exact) mass is 768 g/mol. The number of hydrogen-bond acceptors (Lipinski definition) is 15. The molecule has 2 saturated heterocycles. The summed E-state index contributed by atoms with van der Waals surface area (Å²) in [5.74, 6) is -2.00. The third kappa shape index (κ3) is 5.25. The molecule has 2 heterocycles. The summed E-state index contributed by atoms with van der Waals surface area (Å²) in [5.41, 5.74) is -4.15. The summed E-state index contributed by atoms with van der Waals surface area (Å²) >= 11 is 0. The number of likely N-dealkylation sites (N-methyl/N-ethyl adjacent to an activating group) is 1. The molecule has 1 aromatic carbocycles. The number of piperidine rings is 1. The van der Waals surface area contributed by atoms with Crippen molar-refractivity contribution in [2.24, 2.45) is 34.5 Å². The lowest BCUT2D eigenvalue weighted by molar-refractivity contribution is -1.92. The van der Waals surface area contributed by atoms with Crippen molar-refractivity contribution in [3.63, 3.8) is 0 Å². The van der Waals surface area contributed by atoms with E-state index in [1.807, 2.05) is 0 Å². The molecule has 294 valence electrons. The van der Waals surface area contributed by atoms with Crippen molar-refractivity contribution in [1.29, 1.82) is 0 Å². The summed E-state index contributed by atoms with van der Waals surface area (Å²) in [6, 6.07) is 6.11. The molecule has 4 unspecified atom stereocenters. The Morgan fingerprint density at radius 3 is 2.25 bits per heavy atom. The molecule has 53 heavy (non-hydrogen) atoms. The average molecular weight is 769 g/mol. The van der Waals surface area contributed by atoms with E-state index in [4.69, 9.17) is 42.3 Å². The summed E-state index contributed by atoms with van der Waals surface area (Å²) in [6.07, 6.45) is 0.951. The van der Waals surface area contributed by atoms with E-state index in [-0.39, 0.29) is 90.9 Å². The van der Waals surface area contributed by atoms with Crippen LogP contribution < -0.4 is 18.9 Å². The highest BCUT2D eigenvalue weighted by Gasteiger charge is 2.91. The van der Waals surface area contributed by atoms with E-state index in [0.29, 0.717) is 25.9 Å². The number of amides is 2. The predicted octanol–water partition coefficient (Wildman–Crippen LogP) is -2.33. The topological polar surface area (TPSA) is 234 Å². The molecule has 1 spiro atoms. The maximum atomic E-state index is 14.0. The van der Waals surface area contributed by atoms with Gasteiger partial charge in [0.25, 0.3) is 0 Å². The fraction of sp³-hybridized carbons (Fsp3) is 0.750. The summed E-state index contributed by atoms with van der Waals surface area (Å²) in [7, 11) is 2.00. The molecule has 5 saturated carbocycles. The lowest BCUT2D eigenvalue weighted by atomic mass is 9.42. The fourth-order valence-electron chi connectivity index (χ4n) is 13.0. The van der Waals surface area contributed by atoms with E-state index in [0.717, 1.165) is 11.3 Å². The Morgan fingerprint density at radius 2 is 1.66 bits per heavy atom. The third-order valence-corrected chi connectivity index (χ3v) is 14.2. The van der Waals surface area contributed by atoms with Crippen molar-refractivity contribution in [1.82, 2.24) is 4.90 Å². The Labute approximate surface area is 309 Å². The van der Waals surface area contributed by atoms with Crippen LogP contribution in [0.5, 0.6) is 0 Å². The standard InChI is InChI=1S/C36H48N2O10.ClHO4/c1-6-37-17-33(18-48-31(41)19-9-7-8-10-22(19)38-25(39)11-12-26(38)40)14-13-24(45-3)35-21-15-20-23(44-2)16-34(42,27(21)28(20)46-4)36(43,32(35)37)30(47-5)29(33)35;2-1(3,4)5/h7-10,20-21,23-24,27-30,32,42-43H,6,11-18H2,1-5H3;(H,2,3,4,5)/t20-,21-,23+,24?,27?,28+,29?,30+,32?,33+,34-,35+,36-;/m1./s1. The molecule has 7 bridgehead atoms. The molecular formula is C36H49ClN2O14. The first kappa shape index (κ1) is 38.9. The number of imide groups is 1. The van der Waals surface area contributed by atoms with Crippen molar-refractivity contribution >= 4 is 23.5 Å². The normalized spacial score (nSPS) is 43.8. The van der Waals surface area contributed by atoms with Crippen LogP contribution >= 0.6 is 0 Å². The SMILES string of the molecule is CCN1C[C@]2(COC(=O)c3ccccc3N3C(=O)CCC3=O)CCC(OC)[C@@]34C2[C@H](OC)[C@@](O)(C13)[C@@]1(O)C[C@H](OC)[C@H]2C[C@@H]4C1[C@H]2OC.[O-][Cl+3]([O-])([O-])O. The minimum atomic E-state index is -4.69. The van der Waals surface area contributed by atoms with Crippen LogP contribution in [0.2, 0.25) is 0 Å². The maximum absolute atomic E-state index is 14.0. The quantitative estimate of drug-likeness (QED) is 0.177. The minimum Gasteiger partial charge on any atom is -0.461 e. The zero-order valence-corrected chi connectivity index (χ0v) is 31.2. The lowest BCUT2D eigenvalue weighted by Gasteiger charge is -2.70. The zero-order valence-electron chi connectivity index (χ0n) is 30.5. The van der Waals surface area contributed by atoms with Gasteiger partial charge in [0.2, 0.25) is 11.8 Å². The largest absolute Gasteiger partial charge is 0.461 e. The lowest BCUT2D eigenvalue weighted by Crippen LogP contribution is -2.82. The molecule has 2 amide bonds. The molecule has 8 rings (SSSR count). The van der Waals surface area contributed by atoms with E-state index < -0.39 is 50.4 Å². The molecule has 0 aromatic heterocycles. The number of nitrogens with zero attached hydrogens (tertiary/aromatic N) is 2. The first-order valence-corrected chi connectivity index (χ1v) is 19.4. The Hall–Kier alpha value is -2.32. The number of anilines is 1. The number of benzene rings is 1. The van der Waals surface area contributed by atoms with Crippen LogP contribution in [0.1, 0.15) is 55.8 Å². The van der Waals surface area contributed by atoms with Crippen LogP contribution in [0.15, 0.2) is 24.3 Å². The number of aliphatic hydroxyl groups is 2. The van der Waals surface area contributed by atoms with Crippen LogP contribution in [0.3, 0.4) is 0 Å². The van der Waals surface area contributed by atoms with Gasteiger partial charge in [-0.25, -0.2) is 9.69 Å². The van der Waals surface area contributed by atoms with E-state index in [1.165, 1.54) is 0 Å². The average Bonchev–Trinajstić information content (AvgIpc) is 3.69. The molecular weight excluding hydrogens is 720 g/mol. The number of carbonyl (C=O) groups excluding carboxylic acids is 3. The Balaban J connectivity index is 0.000000817. The van der Waals surface area contributed by atoms with Crippen molar-refractivity contribution in [3.05, 3.63) is 29.8 Å². The van der Waals surface area contributed by atoms with E-state index in [9.17, 15) is 24.6 Å². The van der Waals surface area contributed by atoms with Gasteiger partial charge in [-0.2, -0.15) is 14.0 Å². The van der Waals surface area contributed by atoms with Crippen LogP contribution in [0, 0.1) is 44.7 Å². The van der Waals surface area contributed by atoms with Gasteiger partial charge in [0.1, 0.15) is 11.2 Å². The van der Waals surface area contributed by atoms with Gasteiger partial charge < -0.3 is 33.9 Å². The summed E-state index contributed by atoms with van der Waals surface area (Å²) in [5, 5.41) is 26.5. The van der Waals surface area contributed by atoms with Gasteiger partial charge in [-0.1, -0.05) is 19.1 Å². The van der Waals surface area contributed by atoms with Gasteiger partial charge in [-0.3, -0.25) is 14.5 Å². The van der Waals surface area contributed by atoms with Crippen molar-refractivity contribution < 1.29 is 77.2 Å². The van der Waals surface area contributed by atoms with Crippen molar-refractivity contribution in [2.45, 2.75) is 87.1 Å². The summed E-state index contributed by atoms with van der Waals surface area (Å²) < 4.78 is 64.0. The van der Waals surface area contributed by atoms with Gasteiger partial charge in [0.05, 0.1) is 63.2 Å². The van der Waals surface area contributed by atoms with Crippen molar-refractivity contribution in [3.8, 4) is 0 Å². The number of fused-ring (bicyclic) bond motifs is 2. The zero-order chi connectivity index (χ0) is 38.5. The molecule has 2 aliphatic heterocycles. The van der Waals surface area contributed by atoms with Crippen LogP contribution in [0.4, 0.5) is 5.69 Å². The fourth-order valence-corrected chi connectivity index (χ4v) is 13.0. The number of rotatable bonds is 9. The van der Waals surface area contributed by atoms with Gasteiger partial charge in [-0.15, -0.1) is 0 Å². The summed E-state index contributed by atoms with van der Waals surface area (Å²) in [6.45, 7) is 3.24. The van der Waals surface area contributed by atoms with E-state index >= 15 is 0 Å². The number of carbonyl (C=O) groups is 3. The molecule has 1 aromatic rings. The van der Waals surface area contributed by atoms with Crippen LogP contribution in [-0.4, -0.2) is 127 Å². The van der Waals surface area contributed by atoms with Crippen LogP contribution in [-0.2, 0) is 33.3 Å². The third-order valence-electron chi connectivity index (χ3n) is 14.2. The van der Waals surface area contributed by atoms with Gasteiger partial charge in [0, 0.05) is 82.8 Å². The summed E-state index contributed by atoms with van der Waals surface area (Å²) in [4.78, 5) is 42.6. The van der Waals surface area contributed by atoms with Gasteiger partial charge in [0.15, 0.2) is 0 Å². The second-order valence-corrected chi connectivity index (χ2v) is 16.6. The first-order valence-electron chi connectivity index (χ1n) is 18.1.